The summed E-state index contributed by atoms with van der Waals surface area (Å²) in [4.78, 5) is 91.3. The number of methoxy groups -OCH3 is 2. The molecule has 0 radical (unpaired) electrons. The van der Waals surface area contributed by atoms with Gasteiger partial charge < -0.3 is 44.7 Å². The number of morpholine rings is 1. The molecule has 392 valence electrons. The van der Waals surface area contributed by atoms with E-state index in [2.05, 4.69) is 17.2 Å². The van der Waals surface area contributed by atoms with Gasteiger partial charge in [0.25, 0.3) is 5.69 Å². The lowest BCUT2D eigenvalue weighted by Crippen LogP contribution is -2.57. The monoisotopic (exact) mass is 1040 g/mol. The fourth-order valence-electron chi connectivity index (χ4n) is 11.4. The number of hydrogen-bond donors (Lipinski definition) is 3. The zero-order valence-electron chi connectivity index (χ0n) is 41.8. The molecule has 0 unspecified atom stereocenters. The van der Waals surface area contributed by atoms with E-state index in [1.165, 1.54) is 44.6 Å². The summed E-state index contributed by atoms with van der Waals surface area (Å²) in [5.74, 6) is 3.05. The third kappa shape index (κ3) is 9.27. The van der Waals surface area contributed by atoms with Crippen LogP contribution in [0, 0.1) is 27.9 Å². The van der Waals surface area contributed by atoms with Gasteiger partial charge >= 0.3 is 18.1 Å². The van der Waals surface area contributed by atoms with Crippen molar-refractivity contribution in [3.63, 3.8) is 0 Å². The lowest BCUT2D eigenvalue weighted by Gasteiger charge is -2.46. The number of fused-ring (bicyclic) bond motifs is 4. The second-order valence-electron chi connectivity index (χ2n) is 18.7. The Kier molecular flexibility index (Phi) is 14.3. The van der Waals surface area contributed by atoms with Crippen LogP contribution >= 0.6 is 0 Å². The fourth-order valence-corrected chi connectivity index (χ4v) is 11.4. The fraction of sp³-hybridized carbons (Fsp3) is 0.259. The van der Waals surface area contributed by atoms with Crippen molar-refractivity contribution in [2.24, 2.45) is 11.7 Å². The molecule has 0 bridgehead atoms. The Morgan fingerprint density at radius 3 is 2.19 bits per heavy atom. The number of imide groups is 1. The van der Waals surface area contributed by atoms with E-state index in [9.17, 15) is 20.0 Å². The van der Waals surface area contributed by atoms with Crippen LogP contribution in [0.15, 0.2) is 140 Å². The molecule has 4 aliphatic rings. The Bertz CT molecular complexity index is 3350. The van der Waals surface area contributed by atoms with Crippen molar-refractivity contribution >= 4 is 41.3 Å². The number of carbonyl (C=O) groups excluding carboxylic acids is 5. The summed E-state index contributed by atoms with van der Waals surface area (Å²) in [6.07, 6.45) is -1.82. The summed E-state index contributed by atoms with van der Waals surface area (Å²) in [7, 11) is 3.04. The molecular formula is C58H52N6O13. The third-order valence-electron chi connectivity index (χ3n) is 14.6. The van der Waals surface area contributed by atoms with Gasteiger partial charge in [-0.1, -0.05) is 90.7 Å². The molecule has 5 amide bonds. The number of hydrogen-bond acceptors (Lipinski definition) is 14. The first-order valence-corrected chi connectivity index (χ1v) is 24.7. The number of amides is 5. The number of ether oxygens (including phenoxy) is 5. The first-order chi connectivity index (χ1) is 37.4. The number of nitro groups is 1. The maximum Gasteiger partial charge on any atom is 0.421 e. The Morgan fingerprint density at radius 1 is 0.844 bits per heavy atom. The Morgan fingerprint density at radius 2 is 1.52 bits per heavy atom. The van der Waals surface area contributed by atoms with E-state index in [1.54, 1.807) is 47.4 Å². The number of esters is 1. The molecule has 6 aromatic carbocycles. The van der Waals surface area contributed by atoms with E-state index >= 15 is 19.2 Å². The topological polar surface area (TPSA) is 243 Å². The highest BCUT2D eigenvalue weighted by Gasteiger charge is 2.76. The molecule has 2 fully saturated rings. The largest absolute Gasteiger partial charge is 0.493 e. The number of benzene rings is 6. The molecule has 77 heavy (non-hydrogen) atoms. The van der Waals surface area contributed by atoms with Crippen LogP contribution in [-0.4, -0.2) is 96.3 Å². The number of non-ortho nitro benzene ring substituents is 1. The van der Waals surface area contributed by atoms with Gasteiger partial charge in [0.2, 0.25) is 11.8 Å². The first-order valence-electron chi connectivity index (χ1n) is 24.7. The number of primary amides is 1. The number of nitrogens with one attached hydrogen (secondary N) is 1. The smallest absolute Gasteiger partial charge is 0.421 e. The van der Waals surface area contributed by atoms with E-state index in [1.807, 2.05) is 71.6 Å². The highest BCUT2D eigenvalue weighted by atomic mass is 16.6. The number of aliphatic hydroxyl groups is 1. The van der Waals surface area contributed by atoms with Crippen LogP contribution in [0.5, 0.6) is 17.2 Å². The summed E-state index contributed by atoms with van der Waals surface area (Å²) >= 11 is 0. The van der Waals surface area contributed by atoms with E-state index in [4.69, 9.17) is 29.4 Å². The molecule has 4 aliphatic heterocycles. The van der Waals surface area contributed by atoms with Gasteiger partial charge in [0, 0.05) is 36.3 Å². The highest BCUT2D eigenvalue weighted by molar-refractivity contribution is 6.23. The number of anilines is 1. The van der Waals surface area contributed by atoms with Crippen LogP contribution in [0.2, 0.25) is 0 Å². The number of nitrogens with two attached hydrogens (primary N) is 1. The summed E-state index contributed by atoms with van der Waals surface area (Å²) in [6, 6.07) is 34.4. The molecule has 19 heteroatoms. The molecule has 0 saturated carbocycles. The molecule has 10 rings (SSSR count). The third-order valence-corrected chi connectivity index (χ3v) is 14.6. The van der Waals surface area contributed by atoms with Crippen LogP contribution in [0.4, 0.5) is 21.0 Å². The second kappa shape index (κ2) is 21.5. The molecular weight excluding hydrogens is 989 g/mol. The van der Waals surface area contributed by atoms with E-state index in [0.29, 0.717) is 45.7 Å². The molecule has 0 aromatic heterocycles. The SMILES string of the molecule is COc1cc2c(cc1OC)CN(C(=O)[C@H]1[C@@H]3C(=O)O[C@@H](c4ccccc4)[C@@H](c4ccccc4)N3[C@@H](c3ccccc3OCCO)[C@]13C(=O)N(C(=O)OCc1ccc([N+](=O)[O-])cc1)c1ccc(C#CCNC(N)=O)cc13)CC2. The number of nitro benzene ring substituents is 1. The van der Waals surface area contributed by atoms with Gasteiger partial charge in [-0.15, -0.1) is 0 Å². The number of cyclic esters (lactones) is 1. The lowest BCUT2D eigenvalue weighted by atomic mass is 9.64. The van der Waals surface area contributed by atoms with Gasteiger partial charge in [0.15, 0.2) is 11.5 Å². The van der Waals surface area contributed by atoms with E-state index < -0.39 is 77.0 Å². The second-order valence-corrected chi connectivity index (χ2v) is 18.7. The Balaban J connectivity index is 1.25. The zero-order chi connectivity index (χ0) is 54.0. The minimum absolute atomic E-state index is 0.0194. The molecule has 4 N–H and O–H groups in total. The van der Waals surface area contributed by atoms with Gasteiger partial charge in [0.05, 0.1) is 56.0 Å². The summed E-state index contributed by atoms with van der Waals surface area (Å²) < 4.78 is 30.2. The summed E-state index contributed by atoms with van der Waals surface area (Å²) in [5, 5.41) is 24.1. The van der Waals surface area contributed by atoms with Gasteiger partial charge in [-0.3, -0.25) is 29.4 Å². The van der Waals surface area contributed by atoms with Crippen LogP contribution < -0.4 is 30.2 Å². The maximum absolute atomic E-state index is 16.9. The van der Waals surface area contributed by atoms with Gasteiger partial charge in [0.1, 0.15) is 36.5 Å². The Hall–Kier alpha value is -9.25. The van der Waals surface area contributed by atoms with Crippen molar-refractivity contribution in [2.75, 3.05) is 45.4 Å². The maximum atomic E-state index is 16.9. The highest BCUT2D eigenvalue weighted by Crippen LogP contribution is 2.67. The number of nitrogens with zero attached hydrogens (tertiary/aromatic N) is 4. The van der Waals surface area contributed by atoms with E-state index in [0.717, 1.165) is 16.0 Å². The first kappa shape index (κ1) is 51.2. The Labute approximate surface area is 442 Å². The molecule has 6 aromatic rings. The summed E-state index contributed by atoms with van der Waals surface area (Å²) in [5.41, 5.74) is 7.02. The average Bonchev–Trinajstić information content (AvgIpc) is 3.79. The molecule has 1 spiro atoms. The van der Waals surface area contributed by atoms with Crippen molar-refractivity contribution in [3.8, 4) is 29.1 Å². The van der Waals surface area contributed by atoms with Gasteiger partial charge in [-0.05, 0) is 88.3 Å². The van der Waals surface area contributed by atoms with Gasteiger partial charge in [-0.2, -0.15) is 0 Å². The average molecular weight is 1040 g/mol. The minimum Gasteiger partial charge on any atom is -0.493 e. The van der Waals surface area contributed by atoms with Crippen molar-refractivity contribution in [1.29, 1.82) is 0 Å². The normalized spacial score (nSPS) is 21.2. The van der Waals surface area contributed by atoms with Gasteiger partial charge in [-0.25, -0.2) is 14.5 Å². The minimum atomic E-state index is -2.25. The van der Waals surface area contributed by atoms with Crippen LogP contribution in [0.25, 0.3) is 0 Å². The van der Waals surface area contributed by atoms with E-state index in [-0.39, 0.29) is 55.5 Å². The quantitative estimate of drug-likeness (QED) is 0.0479. The number of aliphatic hydroxyl groups excluding tert-OH is 1. The van der Waals surface area contributed by atoms with Crippen LogP contribution in [0.1, 0.15) is 62.7 Å². The number of rotatable bonds is 13. The van der Waals surface area contributed by atoms with Crippen LogP contribution in [-0.2, 0) is 48.8 Å². The molecule has 2 saturated heterocycles. The number of para-hydroxylation sites is 1. The van der Waals surface area contributed by atoms with Crippen molar-refractivity contribution in [3.05, 3.63) is 194 Å². The van der Waals surface area contributed by atoms with Crippen molar-refractivity contribution in [2.45, 2.75) is 49.2 Å². The number of urea groups is 1. The molecule has 6 atom stereocenters. The van der Waals surface area contributed by atoms with Crippen molar-refractivity contribution < 1.29 is 57.7 Å². The predicted octanol–water partition coefficient (Wildman–Crippen LogP) is 6.59. The van der Waals surface area contributed by atoms with Crippen molar-refractivity contribution in [1.82, 2.24) is 15.1 Å². The molecule has 19 nitrogen and oxygen atoms in total. The number of carbonyl (C=O) groups is 5. The predicted molar refractivity (Wildman–Crippen MR) is 277 cm³/mol. The molecule has 4 heterocycles. The lowest BCUT2D eigenvalue weighted by molar-refractivity contribution is -0.384. The molecule has 0 aliphatic carbocycles. The van der Waals surface area contributed by atoms with Crippen LogP contribution in [0.3, 0.4) is 0 Å². The summed E-state index contributed by atoms with van der Waals surface area (Å²) in [6.45, 7) is -0.954. The zero-order valence-corrected chi connectivity index (χ0v) is 41.8. The standard InChI is InChI=1S/C58H52N6O13/c1-73-46-31-39-25-27-61(33-40(39)32-47(46)74-2)53(66)48-50-54(67)77-51(38-15-7-4-8-16-38)49(37-13-5-3-6-14-37)63(50)52(42-17-9-10-18-45(42)75-29-28-65)58(48)43-30-35(12-11-26-60-56(59)69)21-24-44(43)62(55(58)68)57(70)76-34-36-19-22-41(23-20-36)64(71)72/h3-10,13-24,30-32,48-52,65H,25-29,33-34H2,1-2H3,(H3,59,60,69)/t48-,49-,50-,51+,52+,58-/m1/s1.